The molecule has 0 aliphatic heterocycles. The molecule has 4 aromatic rings. The Labute approximate surface area is 129 Å². The molecule has 0 radical (unpaired) electrons. The maximum atomic E-state index is 8.29. The predicted molar refractivity (Wildman–Crippen MR) is 89.5 cm³/mol. The first-order valence-electron chi connectivity index (χ1n) is 8.90. The quantitative estimate of drug-likeness (QED) is 0.399. The highest BCUT2D eigenvalue weighted by atomic mass is 32.1. The van der Waals surface area contributed by atoms with Gasteiger partial charge in [0.25, 0.3) is 0 Å². The molecule has 0 aliphatic rings. The van der Waals surface area contributed by atoms with E-state index in [0.29, 0.717) is 5.56 Å². The summed E-state index contributed by atoms with van der Waals surface area (Å²) in [6.07, 6.45) is 0. The fourth-order valence-corrected chi connectivity index (χ4v) is 3.84. The summed E-state index contributed by atoms with van der Waals surface area (Å²) in [5.41, 5.74) is 2.07. The standard InChI is InChI=1S/C19H14S/c1-13-7-5-11-16-18(13)19-15(10-6-12-17(19)20-16)14-8-3-2-4-9-14/h2-12H,1H3/i2D,3D,4D,8D,9D. The molecule has 0 atom stereocenters. The van der Waals surface area contributed by atoms with E-state index in [-0.39, 0.29) is 35.8 Å². The second-order valence-electron chi connectivity index (χ2n) is 4.73. The van der Waals surface area contributed by atoms with Gasteiger partial charge >= 0.3 is 0 Å². The summed E-state index contributed by atoms with van der Waals surface area (Å²) in [5.74, 6) is 0. The van der Waals surface area contributed by atoms with Crippen LogP contribution in [-0.4, -0.2) is 0 Å². The van der Waals surface area contributed by atoms with Crippen molar-refractivity contribution in [3.63, 3.8) is 0 Å². The van der Waals surface area contributed by atoms with E-state index >= 15 is 0 Å². The minimum atomic E-state index is -0.364. The Bertz CT molecular complexity index is 1130. The maximum Gasteiger partial charge on any atom is 0.0629 e. The second kappa shape index (κ2) is 4.46. The van der Waals surface area contributed by atoms with Crippen LogP contribution in [0.4, 0.5) is 0 Å². The lowest BCUT2D eigenvalue weighted by Crippen LogP contribution is -1.80. The summed E-state index contributed by atoms with van der Waals surface area (Å²) >= 11 is 1.65. The summed E-state index contributed by atoms with van der Waals surface area (Å²) in [5, 5.41) is 2.05. The molecule has 0 fully saturated rings. The van der Waals surface area contributed by atoms with E-state index < -0.39 is 0 Å². The van der Waals surface area contributed by atoms with Crippen molar-refractivity contribution in [3.05, 3.63) is 72.2 Å². The molecule has 1 aromatic heterocycles. The van der Waals surface area contributed by atoms with E-state index in [1.807, 2.05) is 37.3 Å². The van der Waals surface area contributed by atoms with Crippen LogP contribution in [0, 0.1) is 6.92 Å². The van der Waals surface area contributed by atoms with Crippen LogP contribution in [0.1, 0.15) is 12.4 Å². The summed E-state index contributed by atoms with van der Waals surface area (Å²) < 4.78 is 42.5. The lowest BCUT2D eigenvalue weighted by atomic mass is 9.98. The van der Waals surface area contributed by atoms with Crippen LogP contribution in [0.2, 0.25) is 0 Å². The highest BCUT2D eigenvalue weighted by molar-refractivity contribution is 7.26. The predicted octanol–water partition coefficient (Wildman–Crippen LogP) is 6.03. The van der Waals surface area contributed by atoms with Gasteiger partial charge in [0, 0.05) is 20.2 Å². The fourth-order valence-electron chi connectivity index (χ4n) is 2.63. The molecular formula is C19H14S. The van der Waals surface area contributed by atoms with E-state index in [1.165, 1.54) is 0 Å². The second-order valence-corrected chi connectivity index (χ2v) is 5.81. The monoisotopic (exact) mass is 279 g/mol. The molecule has 0 aliphatic carbocycles. The molecule has 0 spiro atoms. The Kier molecular flexibility index (Phi) is 1.70. The highest BCUT2D eigenvalue weighted by Crippen LogP contribution is 2.41. The van der Waals surface area contributed by atoms with Gasteiger partial charge in [-0.15, -0.1) is 11.3 Å². The van der Waals surface area contributed by atoms with Crippen molar-refractivity contribution in [3.8, 4) is 11.1 Å². The number of aryl methyl sites for hydroxylation is 1. The van der Waals surface area contributed by atoms with Crippen LogP contribution in [0.15, 0.2) is 66.6 Å². The van der Waals surface area contributed by atoms with Crippen LogP contribution >= 0.6 is 11.3 Å². The largest absolute Gasteiger partial charge is 0.135 e. The number of hydrogen-bond donors (Lipinski definition) is 0. The van der Waals surface area contributed by atoms with Gasteiger partial charge in [0.2, 0.25) is 0 Å². The van der Waals surface area contributed by atoms with Crippen molar-refractivity contribution in [2.75, 3.05) is 0 Å². The number of hydrogen-bond acceptors (Lipinski definition) is 1. The molecule has 0 saturated heterocycles. The van der Waals surface area contributed by atoms with Crippen molar-refractivity contribution in [2.45, 2.75) is 6.92 Å². The number of benzene rings is 3. The van der Waals surface area contributed by atoms with Crippen LogP contribution in [-0.2, 0) is 0 Å². The molecule has 0 saturated carbocycles. The third-order valence-corrected chi connectivity index (χ3v) is 4.62. The average Bonchev–Trinajstić information content (AvgIpc) is 2.99. The van der Waals surface area contributed by atoms with Crippen LogP contribution in [0.5, 0.6) is 0 Å². The van der Waals surface area contributed by atoms with Crippen molar-refractivity contribution >= 4 is 31.5 Å². The zero-order chi connectivity index (χ0) is 17.9. The molecule has 96 valence electrons. The molecule has 3 aromatic carbocycles. The first-order valence-corrected chi connectivity index (χ1v) is 7.21. The van der Waals surface area contributed by atoms with Gasteiger partial charge in [-0.3, -0.25) is 0 Å². The Balaban J connectivity index is 2.22. The van der Waals surface area contributed by atoms with E-state index in [1.54, 1.807) is 11.3 Å². The van der Waals surface area contributed by atoms with Crippen molar-refractivity contribution in [1.29, 1.82) is 0 Å². The van der Waals surface area contributed by atoms with Crippen molar-refractivity contribution < 1.29 is 6.85 Å². The molecular weight excluding hydrogens is 260 g/mol. The lowest BCUT2D eigenvalue weighted by Gasteiger charge is -2.05. The smallest absolute Gasteiger partial charge is 0.0629 e. The summed E-state index contributed by atoms with van der Waals surface area (Å²) in [4.78, 5) is 0. The molecule has 0 unspecified atom stereocenters. The van der Waals surface area contributed by atoms with Crippen molar-refractivity contribution in [2.24, 2.45) is 0 Å². The van der Waals surface area contributed by atoms with Crippen LogP contribution < -0.4 is 0 Å². The first-order chi connectivity index (χ1) is 11.9. The molecule has 0 bridgehead atoms. The Morgan fingerprint density at radius 1 is 0.850 bits per heavy atom. The van der Waals surface area contributed by atoms with Gasteiger partial charge in [-0.2, -0.15) is 0 Å². The van der Waals surface area contributed by atoms with Gasteiger partial charge in [-0.1, -0.05) is 54.5 Å². The maximum absolute atomic E-state index is 8.29. The molecule has 0 nitrogen and oxygen atoms in total. The van der Waals surface area contributed by atoms with Gasteiger partial charge in [0.05, 0.1) is 6.85 Å². The van der Waals surface area contributed by atoms with Crippen LogP contribution in [0.25, 0.3) is 31.3 Å². The lowest BCUT2D eigenvalue weighted by molar-refractivity contribution is 1.55. The van der Waals surface area contributed by atoms with Gasteiger partial charge in [0.15, 0.2) is 0 Å². The number of fused-ring (bicyclic) bond motifs is 3. The summed E-state index contributed by atoms with van der Waals surface area (Å²) in [7, 11) is 0. The number of rotatable bonds is 1. The van der Waals surface area contributed by atoms with Crippen molar-refractivity contribution in [1.82, 2.24) is 0 Å². The molecule has 20 heavy (non-hydrogen) atoms. The Hall–Kier alpha value is -2.12. The minimum Gasteiger partial charge on any atom is -0.135 e. The van der Waals surface area contributed by atoms with Gasteiger partial charge in [-0.05, 0) is 35.7 Å². The van der Waals surface area contributed by atoms with E-state index in [9.17, 15) is 0 Å². The normalized spacial score (nSPS) is 14.8. The highest BCUT2D eigenvalue weighted by Gasteiger charge is 2.11. The third-order valence-electron chi connectivity index (χ3n) is 3.50. The van der Waals surface area contributed by atoms with Gasteiger partial charge < -0.3 is 0 Å². The van der Waals surface area contributed by atoms with E-state index in [2.05, 4.69) is 6.07 Å². The van der Waals surface area contributed by atoms with Gasteiger partial charge in [0.1, 0.15) is 0 Å². The average molecular weight is 279 g/mol. The minimum absolute atomic E-state index is 0.161. The van der Waals surface area contributed by atoms with E-state index in [0.717, 1.165) is 25.7 Å². The topological polar surface area (TPSA) is 0 Å². The number of thiophene rings is 1. The zero-order valence-corrected chi connectivity index (χ0v) is 11.7. The molecule has 1 heteroatoms. The zero-order valence-electron chi connectivity index (χ0n) is 15.9. The SMILES string of the molecule is [2H]c1c([2H])c([2H])c(-c2cccc3sc4cccc(C)c4c23)c([2H])c1[2H]. The van der Waals surface area contributed by atoms with Gasteiger partial charge in [-0.25, -0.2) is 0 Å². The summed E-state index contributed by atoms with van der Waals surface area (Å²) in [6.45, 7) is 2.03. The van der Waals surface area contributed by atoms with Crippen LogP contribution in [0.3, 0.4) is 0 Å². The molecule has 1 heterocycles. The Morgan fingerprint density at radius 2 is 1.55 bits per heavy atom. The fraction of sp³-hybridized carbons (Fsp3) is 0.0526. The molecule has 4 rings (SSSR count). The van der Waals surface area contributed by atoms with E-state index in [4.69, 9.17) is 6.85 Å². The first kappa shape index (κ1) is 7.61. The molecule has 0 amide bonds. The summed E-state index contributed by atoms with van der Waals surface area (Å²) in [6, 6.07) is 10.5. The third kappa shape index (κ3) is 1.67. The Morgan fingerprint density at radius 3 is 2.35 bits per heavy atom. The molecule has 0 N–H and O–H groups in total.